The van der Waals surface area contributed by atoms with Crippen LogP contribution in [0.4, 0.5) is 5.69 Å². The second-order valence-electron chi connectivity index (χ2n) is 3.62. The number of rotatable bonds is 4. The lowest BCUT2D eigenvalue weighted by atomic mass is 10.1. The first kappa shape index (κ1) is 10.4. The molecule has 0 spiro atoms. The van der Waals surface area contributed by atoms with Gasteiger partial charge in [-0.2, -0.15) is 0 Å². The van der Waals surface area contributed by atoms with E-state index in [-0.39, 0.29) is 17.4 Å². The van der Waals surface area contributed by atoms with Crippen molar-refractivity contribution in [2.45, 2.75) is 18.9 Å². The van der Waals surface area contributed by atoms with Gasteiger partial charge in [0.15, 0.2) is 0 Å². The number of carbonyl (C=O) groups excluding carboxylic acids is 1. The molecule has 0 heterocycles. The molecule has 0 unspecified atom stereocenters. The van der Waals surface area contributed by atoms with E-state index in [0.29, 0.717) is 5.75 Å². The molecule has 1 fully saturated rings. The summed E-state index contributed by atoms with van der Waals surface area (Å²) in [6.45, 7) is 0. The number of benzene rings is 1. The summed E-state index contributed by atoms with van der Waals surface area (Å²) in [7, 11) is 0. The largest absolute Gasteiger partial charge is 0.490 e. The number of carbonyl (C=O) groups is 1. The normalized spacial score (nSPS) is 14.5. The summed E-state index contributed by atoms with van der Waals surface area (Å²) in [4.78, 5) is 21.0. The first-order valence-corrected chi connectivity index (χ1v) is 4.83. The van der Waals surface area contributed by atoms with Crippen LogP contribution in [0.1, 0.15) is 23.2 Å². The molecule has 0 aliphatic heterocycles. The molecule has 0 aromatic heterocycles. The molecule has 1 amide bonds. The summed E-state index contributed by atoms with van der Waals surface area (Å²) in [6, 6.07) is 4.07. The molecule has 0 saturated heterocycles. The molecular formula is C10H10N2O4. The predicted molar refractivity (Wildman–Crippen MR) is 55.3 cm³/mol. The van der Waals surface area contributed by atoms with Crippen molar-refractivity contribution in [3.05, 3.63) is 33.9 Å². The van der Waals surface area contributed by atoms with Gasteiger partial charge in [0.25, 0.3) is 11.6 Å². The Kier molecular flexibility index (Phi) is 2.47. The molecule has 0 bridgehead atoms. The van der Waals surface area contributed by atoms with Crippen LogP contribution in [0, 0.1) is 10.1 Å². The fourth-order valence-electron chi connectivity index (χ4n) is 1.32. The highest BCUT2D eigenvalue weighted by molar-refractivity contribution is 5.97. The highest BCUT2D eigenvalue weighted by Gasteiger charge is 2.25. The van der Waals surface area contributed by atoms with E-state index < -0.39 is 10.8 Å². The molecule has 1 aromatic carbocycles. The molecule has 2 N–H and O–H groups in total. The van der Waals surface area contributed by atoms with Crippen LogP contribution in [0.3, 0.4) is 0 Å². The molecular weight excluding hydrogens is 212 g/mol. The van der Waals surface area contributed by atoms with Crippen molar-refractivity contribution in [1.29, 1.82) is 0 Å². The maximum atomic E-state index is 10.9. The Hall–Kier alpha value is -2.11. The zero-order valence-corrected chi connectivity index (χ0v) is 8.38. The van der Waals surface area contributed by atoms with Crippen molar-refractivity contribution >= 4 is 11.6 Å². The molecule has 2 rings (SSSR count). The van der Waals surface area contributed by atoms with Crippen LogP contribution in [0.25, 0.3) is 0 Å². The van der Waals surface area contributed by atoms with E-state index in [2.05, 4.69) is 0 Å². The first-order valence-electron chi connectivity index (χ1n) is 4.83. The topological polar surface area (TPSA) is 95.5 Å². The number of nitrogens with two attached hydrogens (primary N) is 1. The van der Waals surface area contributed by atoms with E-state index in [1.807, 2.05) is 0 Å². The molecule has 6 nitrogen and oxygen atoms in total. The van der Waals surface area contributed by atoms with Gasteiger partial charge in [-0.25, -0.2) is 0 Å². The molecule has 1 aliphatic carbocycles. The Balaban J connectivity index is 2.34. The van der Waals surface area contributed by atoms with Crippen molar-refractivity contribution in [2.24, 2.45) is 5.73 Å². The molecule has 16 heavy (non-hydrogen) atoms. The van der Waals surface area contributed by atoms with Gasteiger partial charge in [0.05, 0.1) is 17.1 Å². The van der Waals surface area contributed by atoms with E-state index in [1.165, 1.54) is 18.2 Å². The summed E-state index contributed by atoms with van der Waals surface area (Å²) in [5, 5.41) is 10.7. The quantitative estimate of drug-likeness (QED) is 0.612. The van der Waals surface area contributed by atoms with Crippen LogP contribution in [0.15, 0.2) is 18.2 Å². The van der Waals surface area contributed by atoms with Crippen LogP contribution in [-0.2, 0) is 0 Å². The number of hydrogen-bond acceptors (Lipinski definition) is 4. The minimum Gasteiger partial charge on any atom is -0.490 e. The van der Waals surface area contributed by atoms with Crippen molar-refractivity contribution < 1.29 is 14.5 Å². The number of nitro groups is 1. The van der Waals surface area contributed by atoms with Gasteiger partial charge in [-0.15, -0.1) is 0 Å². The van der Waals surface area contributed by atoms with Crippen LogP contribution in [0.2, 0.25) is 0 Å². The Bertz CT molecular complexity index is 454. The monoisotopic (exact) mass is 222 g/mol. The molecule has 0 radical (unpaired) electrons. The van der Waals surface area contributed by atoms with Crippen molar-refractivity contribution in [1.82, 2.24) is 0 Å². The summed E-state index contributed by atoms with van der Waals surface area (Å²) >= 11 is 0. The number of nitrogens with zero attached hydrogens (tertiary/aromatic N) is 1. The number of amides is 1. The molecule has 1 aromatic rings. The fourth-order valence-corrected chi connectivity index (χ4v) is 1.32. The van der Waals surface area contributed by atoms with Gasteiger partial charge >= 0.3 is 0 Å². The average molecular weight is 222 g/mol. The second-order valence-corrected chi connectivity index (χ2v) is 3.62. The average Bonchev–Trinajstić information content (AvgIpc) is 3.01. The maximum Gasteiger partial charge on any atom is 0.285 e. The highest BCUT2D eigenvalue weighted by atomic mass is 16.6. The third-order valence-corrected chi connectivity index (χ3v) is 2.26. The number of hydrogen-bond donors (Lipinski definition) is 1. The van der Waals surface area contributed by atoms with Gasteiger partial charge in [-0.05, 0) is 25.0 Å². The zero-order chi connectivity index (χ0) is 11.7. The standard InChI is InChI=1S/C10H10N2O4/c11-10(13)8-4-3-7(16-6-1-2-6)5-9(8)12(14)15/h3-6H,1-2H2,(H2,11,13). The summed E-state index contributed by atoms with van der Waals surface area (Å²) in [6.07, 6.45) is 2.08. The van der Waals surface area contributed by atoms with E-state index in [0.717, 1.165) is 12.8 Å². The minimum atomic E-state index is -0.815. The first-order chi connectivity index (χ1) is 7.58. The molecule has 6 heteroatoms. The van der Waals surface area contributed by atoms with Gasteiger partial charge < -0.3 is 10.5 Å². The van der Waals surface area contributed by atoms with E-state index >= 15 is 0 Å². The van der Waals surface area contributed by atoms with Crippen LogP contribution < -0.4 is 10.5 Å². The molecule has 0 atom stereocenters. The predicted octanol–water partition coefficient (Wildman–Crippen LogP) is 1.23. The number of ether oxygens (including phenoxy) is 1. The lowest BCUT2D eigenvalue weighted by molar-refractivity contribution is -0.385. The maximum absolute atomic E-state index is 10.9. The van der Waals surface area contributed by atoms with Crippen LogP contribution in [-0.4, -0.2) is 16.9 Å². The Morgan fingerprint density at radius 2 is 2.19 bits per heavy atom. The van der Waals surface area contributed by atoms with Gasteiger partial charge in [0.2, 0.25) is 0 Å². The van der Waals surface area contributed by atoms with Gasteiger partial charge in [-0.3, -0.25) is 14.9 Å². The Morgan fingerprint density at radius 3 is 2.69 bits per heavy atom. The summed E-state index contributed by atoms with van der Waals surface area (Å²) in [5.41, 5.74) is 4.61. The molecule has 1 saturated carbocycles. The number of nitro benzene ring substituents is 1. The third-order valence-electron chi connectivity index (χ3n) is 2.26. The minimum absolute atomic E-state index is 0.104. The number of primary amides is 1. The molecule has 84 valence electrons. The second kappa shape index (κ2) is 3.80. The van der Waals surface area contributed by atoms with Gasteiger partial charge in [0.1, 0.15) is 11.3 Å². The van der Waals surface area contributed by atoms with E-state index in [1.54, 1.807) is 0 Å². The summed E-state index contributed by atoms with van der Waals surface area (Å²) in [5.74, 6) is -0.413. The third kappa shape index (κ3) is 2.10. The lowest BCUT2D eigenvalue weighted by Crippen LogP contribution is -2.13. The zero-order valence-electron chi connectivity index (χ0n) is 8.38. The Labute approximate surface area is 91.2 Å². The van der Waals surface area contributed by atoms with Crippen LogP contribution >= 0.6 is 0 Å². The smallest absolute Gasteiger partial charge is 0.285 e. The van der Waals surface area contributed by atoms with Crippen molar-refractivity contribution in [3.63, 3.8) is 0 Å². The van der Waals surface area contributed by atoms with E-state index in [9.17, 15) is 14.9 Å². The summed E-state index contributed by atoms with van der Waals surface area (Å²) < 4.78 is 5.39. The Morgan fingerprint density at radius 1 is 1.50 bits per heavy atom. The fraction of sp³-hybridized carbons (Fsp3) is 0.300. The van der Waals surface area contributed by atoms with Crippen LogP contribution in [0.5, 0.6) is 5.75 Å². The van der Waals surface area contributed by atoms with Crippen molar-refractivity contribution in [3.8, 4) is 5.75 Å². The van der Waals surface area contributed by atoms with Gasteiger partial charge in [-0.1, -0.05) is 0 Å². The highest BCUT2D eigenvalue weighted by Crippen LogP contribution is 2.30. The van der Waals surface area contributed by atoms with E-state index in [4.69, 9.17) is 10.5 Å². The SMILES string of the molecule is NC(=O)c1ccc(OC2CC2)cc1[N+](=O)[O-]. The van der Waals surface area contributed by atoms with Crippen molar-refractivity contribution in [2.75, 3.05) is 0 Å². The lowest BCUT2D eigenvalue weighted by Gasteiger charge is -2.05. The molecule has 1 aliphatic rings. The van der Waals surface area contributed by atoms with Gasteiger partial charge in [0, 0.05) is 0 Å².